The molecular formula is C22H24N6O. The SMILES string of the molecule is Cc1cccc(Nc2cnc(C(=O)N3CCN(c4ccccn4)CC3)cn2)c1C. The lowest BCUT2D eigenvalue weighted by molar-refractivity contribution is 0.0740. The zero-order chi connectivity index (χ0) is 20.2. The van der Waals surface area contributed by atoms with Crippen LogP contribution in [0.15, 0.2) is 55.0 Å². The second-order valence-corrected chi connectivity index (χ2v) is 7.13. The van der Waals surface area contributed by atoms with Gasteiger partial charge >= 0.3 is 0 Å². The number of piperazine rings is 1. The molecule has 0 saturated carbocycles. The Morgan fingerprint density at radius 1 is 0.931 bits per heavy atom. The van der Waals surface area contributed by atoms with Gasteiger partial charge in [0.15, 0.2) is 0 Å². The molecule has 1 aliphatic heterocycles. The van der Waals surface area contributed by atoms with E-state index < -0.39 is 0 Å². The van der Waals surface area contributed by atoms with Gasteiger partial charge in [0.25, 0.3) is 5.91 Å². The number of nitrogens with zero attached hydrogens (tertiary/aromatic N) is 5. The summed E-state index contributed by atoms with van der Waals surface area (Å²) in [6, 6.07) is 11.9. The third kappa shape index (κ3) is 4.18. The van der Waals surface area contributed by atoms with Crippen molar-refractivity contribution in [2.75, 3.05) is 36.4 Å². The molecular weight excluding hydrogens is 364 g/mol. The minimum Gasteiger partial charge on any atom is -0.353 e. The summed E-state index contributed by atoms with van der Waals surface area (Å²) in [5, 5.41) is 3.27. The first kappa shape index (κ1) is 18.9. The summed E-state index contributed by atoms with van der Waals surface area (Å²) in [5.74, 6) is 1.48. The second kappa shape index (κ2) is 8.26. The molecule has 2 aromatic heterocycles. The summed E-state index contributed by atoms with van der Waals surface area (Å²) in [7, 11) is 0. The highest BCUT2D eigenvalue weighted by atomic mass is 16.2. The van der Waals surface area contributed by atoms with Crippen LogP contribution in [-0.2, 0) is 0 Å². The quantitative estimate of drug-likeness (QED) is 0.740. The van der Waals surface area contributed by atoms with Gasteiger partial charge in [-0.15, -0.1) is 0 Å². The molecule has 0 radical (unpaired) electrons. The van der Waals surface area contributed by atoms with Crippen molar-refractivity contribution in [2.45, 2.75) is 13.8 Å². The molecule has 4 rings (SSSR count). The van der Waals surface area contributed by atoms with Gasteiger partial charge in [-0.1, -0.05) is 18.2 Å². The first-order valence-corrected chi connectivity index (χ1v) is 9.72. The minimum absolute atomic E-state index is 0.0866. The first-order chi connectivity index (χ1) is 14.1. The van der Waals surface area contributed by atoms with E-state index in [0.29, 0.717) is 24.6 Å². The van der Waals surface area contributed by atoms with Crippen molar-refractivity contribution >= 4 is 23.2 Å². The number of carbonyl (C=O) groups is 1. The van der Waals surface area contributed by atoms with E-state index in [1.165, 1.54) is 11.1 Å². The van der Waals surface area contributed by atoms with Crippen LogP contribution in [0.3, 0.4) is 0 Å². The van der Waals surface area contributed by atoms with Crippen molar-refractivity contribution < 1.29 is 4.79 Å². The van der Waals surface area contributed by atoms with E-state index in [-0.39, 0.29) is 5.91 Å². The number of hydrogen-bond acceptors (Lipinski definition) is 6. The van der Waals surface area contributed by atoms with Gasteiger partial charge in [0.2, 0.25) is 0 Å². The Bertz CT molecular complexity index is 982. The predicted molar refractivity (Wildman–Crippen MR) is 114 cm³/mol. The molecule has 3 heterocycles. The number of pyridine rings is 1. The molecule has 1 aromatic carbocycles. The van der Waals surface area contributed by atoms with Crippen LogP contribution in [-0.4, -0.2) is 51.9 Å². The monoisotopic (exact) mass is 388 g/mol. The van der Waals surface area contributed by atoms with E-state index in [2.05, 4.69) is 45.1 Å². The van der Waals surface area contributed by atoms with Gasteiger partial charge in [-0.25, -0.2) is 15.0 Å². The van der Waals surface area contributed by atoms with Gasteiger partial charge in [-0.05, 0) is 43.2 Å². The smallest absolute Gasteiger partial charge is 0.274 e. The van der Waals surface area contributed by atoms with Gasteiger partial charge in [0.1, 0.15) is 17.3 Å². The Kier molecular flexibility index (Phi) is 5.37. The van der Waals surface area contributed by atoms with E-state index in [1.54, 1.807) is 18.6 Å². The number of rotatable bonds is 4. The van der Waals surface area contributed by atoms with Crippen molar-refractivity contribution in [3.8, 4) is 0 Å². The third-order valence-corrected chi connectivity index (χ3v) is 5.28. The van der Waals surface area contributed by atoms with Gasteiger partial charge in [0, 0.05) is 38.1 Å². The molecule has 1 saturated heterocycles. The number of nitrogens with one attached hydrogen (secondary N) is 1. The van der Waals surface area contributed by atoms with E-state index in [9.17, 15) is 4.79 Å². The molecule has 0 spiro atoms. The number of benzene rings is 1. The Morgan fingerprint density at radius 3 is 2.45 bits per heavy atom. The van der Waals surface area contributed by atoms with Crippen LogP contribution < -0.4 is 10.2 Å². The third-order valence-electron chi connectivity index (χ3n) is 5.28. The number of aromatic nitrogens is 3. The summed E-state index contributed by atoms with van der Waals surface area (Å²) < 4.78 is 0. The van der Waals surface area contributed by atoms with Gasteiger partial charge in [-0.3, -0.25) is 4.79 Å². The Balaban J connectivity index is 1.38. The Morgan fingerprint density at radius 2 is 1.76 bits per heavy atom. The molecule has 0 aliphatic carbocycles. The van der Waals surface area contributed by atoms with E-state index in [4.69, 9.17) is 0 Å². The zero-order valence-electron chi connectivity index (χ0n) is 16.7. The van der Waals surface area contributed by atoms with Crippen LogP contribution in [0.25, 0.3) is 0 Å². The molecule has 1 aliphatic rings. The topological polar surface area (TPSA) is 74.2 Å². The van der Waals surface area contributed by atoms with E-state index in [0.717, 1.165) is 24.6 Å². The number of aryl methyl sites for hydroxylation is 1. The van der Waals surface area contributed by atoms with Crippen molar-refractivity contribution in [1.29, 1.82) is 0 Å². The lowest BCUT2D eigenvalue weighted by atomic mass is 10.1. The first-order valence-electron chi connectivity index (χ1n) is 9.72. The molecule has 0 atom stereocenters. The molecule has 7 nitrogen and oxygen atoms in total. The van der Waals surface area contributed by atoms with Crippen LogP contribution in [0.1, 0.15) is 21.6 Å². The maximum Gasteiger partial charge on any atom is 0.274 e. The molecule has 148 valence electrons. The largest absolute Gasteiger partial charge is 0.353 e. The Labute approximate surface area is 170 Å². The molecule has 1 fully saturated rings. The van der Waals surface area contributed by atoms with E-state index in [1.807, 2.05) is 35.2 Å². The highest BCUT2D eigenvalue weighted by Crippen LogP contribution is 2.21. The highest BCUT2D eigenvalue weighted by Gasteiger charge is 2.23. The van der Waals surface area contributed by atoms with Crippen LogP contribution >= 0.6 is 0 Å². The second-order valence-electron chi connectivity index (χ2n) is 7.13. The van der Waals surface area contributed by atoms with Crippen molar-refractivity contribution in [3.63, 3.8) is 0 Å². The molecule has 0 unspecified atom stereocenters. The predicted octanol–water partition coefficient (Wildman–Crippen LogP) is 3.19. The van der Waals surface area contributed by atoms with Crippen LogP contribution in [0.4, 0.5) is 17.3 Å². The average Bonchev–Trinajstić information content (AvgIpc) is 2.78. The summed E-state index contributed by atoms with van der Waals surface area (Å²) in [5.41, 5.74) is 3.73. The number of anilines is 3. The fraction of sp³-hybridized carbons (Fsp3) is 0.273. The maximum atomic E-state index is 12.8. The normalized spacial score (nSPS) is 14.0. The van der Waals surface area contributed by atoms with Crippen LogP contribution in [0.5, 0.6) is 0 Å². The van der Waals surface area contributed by atoms with Crippen LogP contribution in [0.2, 0.25) is 0 Å². The number of carbonyl (C=O) groups excluding carboxylic acids is 1. The molecule has 7 heteroatoms. The molecule has 1 N–H and O–H groups in total. The summed E-state index contributed by atoms with van der Waals surface area (Å²) in [6.45, 7) is 6.92. The van der Waals surface area contributed by atoms with Gasteiger partial charge in [0.05, 0.1) is 12.4 Å². The standard InChI is InChI=1S/C22H24N6O/c1-16-6-5-7-18(17(16)2)26-20-15-24-19(14-25-20)22(29)28-12-10-27(11-13-28)21-8-3-4-9-23-21/h3-9,14-15H,10-13H2,1-2H3,(H,25,26). The van der Waals surface area contributed by atoms with Crippen molar-refractivity contribution in [2.24, 2.45) is 0 Å². The van der Waals surface area contributed by atoms with Crippen LogP contribution in [0, 0.1) is 13.8 Å². The van der Waals surface area contributed by atoms with Crippen molar-refractivity contribution in [1.82, 2.24) is 19.9 Å². The highest BCUT2D eigenvalue weighted by molar-refractivity contribution is 5.92. The fourth-order valence-corrected chi connectivity index (χ4v) is 3.37. The summed E-state index contributed by atoms with van der Waals surface area (Å²) in [4.78, 5) is 29.9. The number of hydrogen-bond donors (Lipinski definition) is 1. The summed E-state index contributed by atoms with van der Waals surface area (Å²) >= 11 is 0. The molecule has 3 aromatic rings. The maximum absolute atomic E-state index is 12.8. The summed E-state index contributed by atoms with van der Waals surface area (Å²) in [6.07, 6.45) is 4.94. The van der Waals surface area contributed by atoms with Crippen molar-refractivity contribution in [3.05, 3.63) is 71.8 Å². The van der Waals surface area contributed by atoms with Gasteiger partial charge < -0.3 is 15.1 Å². The molecule has 29 heavy (non-hydrogen) atoms. The Hall–Kier alpha value is -3.48. The molecule has 1 amide bonds. The lowest BCUT2D eigenvalue weighted by Gasteiger charge is -2.35. The zero-order valence-corrected chi connectivity index (χ0v) is 16.7. The number of amides is 1. The fourth-order valence-electron chi connectivity index (χ4n) is 3.37. The minimum atomic E-state index is -0.0866. The molecule has 0 bridgehead atoms. The van der Waals surface area contributed by atoms with E-state index >= 15 is 0 Å². The average molecular weight is 388 g/mol. The lowest BCUT2D eigenvalue weighted by Crippen LogP contribution is -2.49. The van der Waals surface area contributed by atoms with Gasteiger partial charge in [-0.2, -0.15) is 0 Å².